The summed E-state index contributed by atoms with van der Waals surface area (Å²) in [5.41, 5.74) is 7.23. The molecule has 100 valence electrons. The average molecular weight is 248 g/mol. The van der Waals surface area contributed by atoms with Gasteiger partial charge in [-0.15, -0.1) is 0 Å². The molecule has 0 spiro atoms. The normalized spacial score (nSPS) is 21.7. The first kappa shape index (κ1) is 13.4. The van der Waals surface area contributed by atoms with Crippen LogP contribution in [0.3, 0.4) is 0 Å². The zero-order chi connectivity index (χ0) is 13.2. The van der Waals surface area contributed by atoms with Gasteiger partial charge in [-0.25, -0.2) is 0 Å². The third-order valence-corrected chi connectivity index (χ3v) is 3.98. The molecule has 1 fully saturated rings. The van der Waals surface area contributed by atoms with Crippen molar-refractivity contribution >= 4 is 0 Å². The molecule has 0 amide bonds. The van der Waals surface area contributed by atoms with Crippen molar-refractivity contribution in [3.05, 3.63) is 29.8 Å². The van der Waals surface area contributed by atoms with Crippen LogP contribution in [-0.2, 0) is 6.42 Å². The van der Waals surface area contributed by atoms with Crippen LogP contribution in [0.5, 0.6) is 5.75 Å². The van der Waals surface area contributed by atoms with Crippen molar-refractivity contribution in [2.75, 3.05) is 13.1 Å². The Kier molecular flexibility index (Phi) is 3.93. The lowest BCUT2D eigenvalue weighted by Crippen LogP contribution is -2.57. The molecule has 0 radical (unpaired) electrons. The van der Waals surface area contributed by atoms with Gasteiger partial charge in [0.05, 0.1) is 5.66 Å². The molecule has 1 heterocycles. The molecule has 3 heteroatoms. The Morgan fingerprint density at radius 2 is 2.06 bits per heavy atom. The van der Waals surface area contributed by atoms with Crippen LogP contribution in [0.25, 0.3) is 0 Å². The number of nitrogens with zero attached hydrogens (tertiary/aromatic N) is 1. The molecular formula is C15H24N2O. The van der Waals surface area contributed by atoms with E-state index < -0.39 is 0 Å². The van der Waals surface area contributed by atoms with E-state index in [0.29, 0.717) is 5.75 Å². The predicted molar refractivity (Wildman–Crippen MR) is 74.4 cm³/mol. The Bertz CT molecular complexity index is 395. The maximum Gasteiger partial charge on any atom is 0.115 e. The third kappa shape index (κ3) is 3.24. The van der Waals surface area contributed by atoms with Crippen LogP contribution in [0.2, 0.25) is 0 Å². The van der Waals surface area contributed by atoms with E-state index in [4.69, 9.17) is 5.73 Å². The third-order valence-electron chi connectivity index (χ3n) is 3.98. The van der Waals surface area contributed by atoms with Crippen LogP contribution in [0, 0.1) is 5.92 Å². The van der Waals surface area contributed by atoms with Gasteiger partial charge in [0.15, 0.2) is 0 Å². The first-order chi connectivity index (χ1) is 8.47. The lowest BCUT2D eigenvalue weighted by atomic mass is 9.93. The minimum atomic E-state index is -0.325. The lowest BCUT2D eigenvalue weighted by Gasteiger charge is -2.42. The zero-order valence-corrected chi connectivity index (χ0v) is 11.4. The molecule has 1 aliphatic rings. The van der Waals surface area contributed by atoms with Crippen LogP contribution < -0.4 is 5.73 Å². The number of hydrogen-bond acceptors (Lipinski definition) is 3. The van der Waals surface area contributed by atoms with Gasteiger partial charge in [-0.1, -0.05) is 19.1 Å². The highest BCUT2D eigenvalue weighted by Gasteiger charge is 2.30. The molecule has 3 N–H and O–H groups in total. The van der Waals surface area contributed by atoms with Crippen molar-refractivity contribution in [1.29, 1.82) is 0 Å². The molecule has 1 aromatic carbocycles. The first-order valence-electron chi connectivity index (χ1n) is 6.79. The predicted octanol–water partition coefficient (Wildman–Crippen LogP) is 2.34. The fraction of sp³-hybridized carbons (Fsp3) is 0.600. The molecule has 18 heavy (non-hydrogen) atoms. The minimum absolute atomic E-state index is 0.315. The summed E-state index contributed by atoms with van der Waals surface area (Å²) in [6.45, 7) is 6.55. The van der Waals surface area contributed by atoms with E-state index in [-0.39, 0.29) is 5.66 Å². The van der Waals surface area contributed by atoms with Crippen LogP contribution in [-0.4, -0.2) is 28.8 Å². The van der Waals surface area contributed by atoms with E-state index in [0.717, 1.165) is 31.0 Å². The number of hydrogen-bond donors (Lipinski definition) is 2. The molecule has 2 rings (SSSR count). The molecular weight excluding hydrogens is 224 g/mol. The van der Waals surface area contributed by atoms with Crippen LogP contribution in [0.15, 0.2) is 24.3 Å². The minimum Gasteiger partial charge on any atom is -0.508 e. The summed E-state index contributed by atoms with van der Waals surface area (Å²) in [4.78, 5) is 2.37. The standard InChI is InChI=1S/C15H24N2O/c1-12-6-8-17(9-7-12)15(2,16)11-13-4-3-5-14(18)10-13/h3-5,10,12,18H,6-9,11,16H2,1-2H3. The maximum atomic E-state index is 9.50. The Morgan fingerprint density at radius 1 is 1.39 bits per heavy atom. The van der Waals surface area contributed by atoms with Gasteiger partial charge in [-0.2, -0.15) is 0 Å². The molecule has 0 aromatic heterocycles. The number of piperidine rings is 1. The topological polar surface area (TPSA) is 49.5 Å². The van der Waals surface area contributed by atoms with Crippen LogP contribution in [0.1, 0.15) is 32.3 Å². The number of aromatic hydroxyl groups is 1. The van der Waals surface area contributed by atoms with E-state index in [2.05, 4.69) is 18.7 Å². The maximum absolute atomic E-state index is 9.50. The zero-order valence-electron chi connectivity index (χ0n) is 11.4. The summed E-state index contributed by atoms with van der Waals surface area (Å²) in [5.74, 6) is 1.13. The van der Waals surface area contributed by atoms with Gasteiger partial charge in [0.2, 0.25) is 0 Å². The van der Waals surface area contributed by atoms with Gasteiger partial charge in [-0.3, -0.25) is 4.90 Å². The summed E-state index contributed by atoms with van der Waals surface area (Å²) in [6.07, 6.45) is 3.23. The number of nitrogens with two attached hydrogens (primary N) is 1. The molecule has 1 aliphatic heterocycles. The number of benzene rings is 1. The molecule has 0 bridgehead atoms. The fourth-order valence-corrected chi connectivity index (χ4v) is 2.71. The van der Waals surface area contributed by atoms with E-state index in [1.54, 1.807) is 12.1 Å². The Balaban J connectivity index is 2.02. The second-order valence-electron chi connectivity index (χ2n) is 5.87. The molecule has 1 aromatic rings. The van der Waals surface area contributed by atoms with Crippen LogP contribution >= 0.6 is 0 Å². The summed E-state index contributed by atoms with van der Waals surface area (Å²) >= 11 is 0. The van der Waals surface area contributed by atoms with E-state index in [1.165, 1.54) is 12.8 Å². The van der Waals surface area contributed by atoms with E-state index in [1.807, 2.05) is 12.1 Å². The van der Waals surface area contributed by atoms with Crippen molar-refractivity contribution in [3.63, 3.8) is 0 Å². The average Bonchev–Trinajstić information content (AvgIpc) is 2.29. The highest BCUT2D eigenvalue weighted by Crippen LogP contribution is 2.24. The van der Waals surface area contributed by atoms with Crippen molar-refractivity contribution in [2.45, 2.75) is 38.8 Å². The van der Waals surface area contributed by atoms with Crippen molar-refractivity contribution in [3.8, 4) is 5.75 Å². The largest absolute Gasteiger partial charge is 0.508 e. The fourth-order valence-electron chi connectivity index (χ4n) is 2.71. The SMILES string of the molecule is CC1CCN(C(C)(N)Cc2cccc(O)c2)CC1. The van der Waals surface area contributed by atoms with E-state index in [9.17, 15) is 5.11 Å². The molecule has 1 saturated heterocycles. The highest BCUT2D eigenvalue weighted by molar-refractivity contribution is 5.28. The van der Waals surface area contributed by atoms with Crippen molar-refractivity contribution in [1.82, 2.24) is 4.90 Å². The molecule has 1 unspecified atom stereocenters. The monoisotopic (exact) mass is 248 g/mol. The van der Waals surface area contributed by atoms with Gasteiger partial charge in [-0.05, 0) is 43.4 Å². The summed E-state index contributed by atoms with van der Waals surface area (Å²) in [5, 5.41) is 9.50. The Hall–Kier alpha value is -1.06. The summed E-state index contributed by atoms with van der Waals surface area (Å²) in [6, 6.07) is 7.40. The van der Waals surface area contributed by atoms with Gasteiger partial charge >= 0.3 is 0 Å². The first-order valence-corrected chi connectivity index (χ1v) is 6.79. The van der Waals surface area contributed by atoms with Gasteiger partial charge < -0.3 is 10.8 Å². The van der Waals surface area contributed by atoms with Gasteiger partial charge in [0, 0.05) is 19.5 Å². The summed E-state index contributed by atoms with van der Waals surface area (Å²) in [7, 11) is 0. The van der Waals surface area contributed by atoms with Gasteiger partial charge in [0.1, 0.15) is 5.75 Å². The van der Waals surface area contributed by atoms with Crippen LogP contribution in [0.4, 0.5) is 0 Å². The highest BCUT2D eigenvalue weighted by atomic mass is 16.3. The Morgan fingerprint density at radius 3 is 2.67 bits per heavy atom. The summed E-state index contributed by atoms with van der Waals surface area (Å²) < 4.78 is 0. The number of likely N-dealkylation sites (tertiary alicyclic amines) is 1. The van der Waals surface area contributed by atoms with E-state index >= 15 is 0 Å². The number of phenols is 1. The quantitative estimate of drug-likeness (QED) is 0.863. The molecule has 0 aliphatic carbocycles. The molecule has 0 saturated carbocycles. The Labute approximate surface area is 110 Å². The molecule has 3 nitrogen and oxygen atoms in total. The smallest absolute Gasteiger partial charge is 0.115 e. The van der Waals surface area contributed by atoms with Crippen molar-refractivity contribution in [2.24, 2.45) is 11.7 Å². The number of rotatable bonds is 3. The molecule has 1 atom stereocenters. The number of phenolic OH excluding ortho intramolecular Hbond substituents is 1. The lowest BCUT2D eigenvalue weighted by molar-refractivity contribution is 0.0695. The second kappa shape index (κ2) is 5.29. The van der Waals surface area contributed by atoms with Crippen molar-refractivity contribution < 1.29 is 5.11 Å². The van der Waals surface area contributed by atoms with Gasteiger partial charge in [0.25, 0.3) is 0 Å². The second-order valence-corrected chi connectivity index (χ2v) is 5.87.